The number of fused-ring (bicyclic) bond motifs is 1. The number of esters is 1. The summed E-state index contributed by atoms with van der Waals surface area (Å²) < 4.78 is 6.78. The molecular weight excluding hydrogens is 258 g/mol. The lowest BCUT2D eigenvalue weighted by atomic mass is 10.2. The van der Waals surface area contributed by atoms with Crippen molar-refractivity contribution in [1.82, 2.24) is 19.8 Å². The largest absolute Gasteiger partial charge is 0.431 e. The van der Waals surface area contributed by atoms with Gasteiger partial charge in [-0.3, -0.25) is 4.79 Å². The normalized spacial score (nSPS) is 15.3. The van der Waals surface area contributed by atoms with Crippen LogP contribution in [0.2, 0.25) is 0 Å². The molecule has 0 saturated heterocycles. The van der Waals surface area contributed by atoms with Crippen LogP contribution in [0.25, 0.3) is 5.65 Å². The zero-order valence-corrected chi connectivity index (χ0v) is 11.4. The third-order valence-electron chi connectivity index (χ3n) is 3.21. The summed E-state index contributed by atoms with van der Waals surface area (Å²) in [7, 11) is 0. The molecule has 0 radical (unpaired) electrons. The van der Waals surface area contributed by atoms with Gasteiger partial charge in [0.2, 0.25) is 0 Å². The van der Waals surface area contributed by atoms with Crippen molar-refractivity contribution < 1.29 is 9.53 Å². The Bertz CT molecular complexity index is 691. The number of hydrogen-bond donors (Lipinski definition) is 0. The Labute approximate surface area is 115 Å². The van der Waals surface area contributed by atoms with Crippen LogP contribution in [-0.2, 0) is 9.53 Å². The second kappa shape index (κ2) is 4.92. The third kappa shape index (κ3) is 2.34. The predicted octanol–water partition coefficient (Wildman–Crippen LogP) is 1.09. The Kier molecular flexibility index (Phi) is 3.09. The van der Waals surface area contributed by atoms with Crippen LogP contribution in [0.5, 0.6) is 0 Å². The van der Waals surface area contributed by atoms with E-state index in [0.717, 1.165) is 29.3 Å². The van der Waals surface area contributed by atoms with Crippen molar-refractivity contribution in [2.24, 2.45) is 0 Å². The van der Waals surface area contributed by atoms with Gasteiger partial charge in [-0.05, 0) is 24.6 Å². The lowest BCUT2D eigenvalue weighted by Gasteiger charge is -2.26. The Morgan fingerprint density at radius 1 is 1.45 bits per heavy atom. The highest BCUT2D eigenvalue weighted by Crippen LogP contribution is 2.20. The van der Waals surface area contributed by atoms with Gasteiger partial charge in [0.05, 0.1) is 0 Å². The first-order chi connectivity index (χ1) is 9.63. The molecule has 0 amide bonds. The van der Waals surface area contributed by atoms with E-state index in [0.29, 0.717) is 13.0 Å². The minimum atomic E-state index is -0.274. The molecule has 2 aromatic heterocycles. The van der Waals surface area contributed by atoms with Crippen LogP contribution in [0.15, 0.2) is 24.2 Å². The molecule has 1 aliphatic rings. The summed E-state index contributed by atoms with van der Waals surface area (Å²) in [6.07, 6.45) is 4.20. The molecule has 0 N–H and O–H groups in total. The van der Waals surface area contributed by atoms with Crippen LogP contribution in [-0.4, -0.2) is 38.9 Å². The highest BCUT2D eigenvalue weighted by Gasteiger charge is 2.16. The van der Waals surface area contributed by atoms with Gasteiger partial charge < -0.3 is 9.64 Å². The van der Waals surface area contributed by atoms with Crippen molar-refractivity contribution >= 4 is 17.4 Å². The average molecular weight is 273 g/mol. The molecule has 7 heteroatoms. The van der Waals surface area contributed by atoms with Gasteiger partial charge in [0, 0.05) is 26.4 Å². The van der Waals surface area contributed by atoms with Crippen LogP contribution in [0.3, 0.4) is 0 Å². The molecular formula is C13H15N5O2. The molecule has 2 aromatic rings. The summed E-state index contributed by atoms with van der Waals surface area (Å²) >= 11 is 0. The zero-order valence-electron chi connectivity index (χ0n) is 11.4. The van der Waals surface area contributed by atoms with Gasteiger partial charge >= 0.3 is 5.97 Å². The smallest absolute Gasteiger partial charge is 0.307 e. The quantitative estimate of drug-likeness (QED) is 0.763. The van der Waals surface area contributed by atoms with Crippen molar-refractivity contribution in [2.45, 2.75) is 20.3 Å². The number of nitrogens with zero attached hydrogens (tertiary/aromatic N) is 5. The van der Waals surface area contributed by atoms with Crippen LogP contribution < -0.4 is 4.90 Å². The summed E-state index contributed by atoms with van der Waals surface area (Å²) in [6, 6.07) is 1.99. The molecule has 7 nitrogen and oxygen atoms in total. The predicted molar refractivity (Wildman–Crippen MR) is 72.2 cm³/mol. The van der Waals surface area contributed by atoms with Crippen LogP contribution in [0, 0.1) is 6.92 Å². The van der Waals surface area contributed by atoms with Gasteiger partial charge in [-0.2, -0.15) is 4.52 Å². The number of ether oxygens (including phenoxy) is 1. The Hall–Kier alpha value is -2.44. The number of rotatable bonds is 2. The van der Waals surface area contributed by atoms with Gasteiger partial charge in [-0.25, -0.2) is 0 Å². The molecule has 3 rings (SSSR count). The molecule has 20 heavy (non-hydrogen) atoms. The molecule has 1 aliphatic heterocycles. The van der Waals surface area contributed by atoms with E-state index in [1.165, 1.54) is 6.92 Å². The first kappa shape index (κ1) is 12.6. The molecule has 0 aromatic carbocycles. The highest BCUT2D eigenvalue weighted by molar-refractivity contribution is 5.67. The molecule has 104 valence electrons. The Morgan fingerprint density at radius 2 is 2.30 bits per heavy atom. The fraction of sp³-hybridized carbons (Fsp3) is 0.385. The van der Waals surface area contributed by atoms with E-state index in [2.05, 4.69) is 20.2 Å². The van der Waals surface area contributed by atoms with Gasteiger partial charge in [-0.15, -0.1) is 15.3 Å². The first-order valence-electron chi connectivity index (χ1n) is 6.43. The molecule has 3 heterocycles. The Balaban J connectivity index is 1.82. The van der Waals surface area contributed by atoms with Crippen molar-refractivity contribution in [3.05, 3.63) is 29.8 Å². The van der Waals surface area contributed by atoms with E-state index in [4.69, 9.17) is 4.74 Å². The van der Waals surface area contributed by atoms with Gasteiger partial charge in [-0.1, -0.05) is 0 Å². The molecule has 0 spiro atoms. The van der Waals surface area contributed by atoms with E-state index in [9.17, 15) is 4.79 Å². The van der Waals surface area contributed by atoms with E-state index >= 15 is 0 Å². The number of carbonyl (C=O) groups excluding carboxylic acids is 1. The molecule has 0 atom stereocenters. The third-order valence-corrected chi connectivity index (χ3v) is 3.21. The van der Waals surface area contributed by atoms with Crippen molar-refractivity contribution in [3.8, 4) is 0 Å². The van der Waals surface area contributed by atoms with Crippen molar-refractivity contribution in [1.29, 1.82) is 0 Å². The number of anilines is 1. The SMILES string of the molecule is CC(=O)OC1=CCN(c2cc(C)c3nncn3n2)CC1. The van der Waals surface area contributed by atoms with E-state index in [-0.39, 0.29) is 5.97 Å². The summed E-state index contributed by atoms with van der Waals surface area (Å²) in [5.74, 6) is 1.33. The summed E-state index contributed by atoms with van der Waals surface area (Å²) in [6.45, 7) is 4.83. The second-order valence-electron chi connectivity index (χ2n) is 4.74. The molecule has 0 bridgehead atoms. The lowest BCUT2D eigenvalue weighted by Crippen LogP contribution is -2.30. The summed E-state index contributed by atoms with van der Waals surface area (Å²) in [5, 5.41) is 12.4. The number of hydrogen-bond acceptors (Lipinski definition) is 6. The lowest BCUT2D eigenvalue weighted by molar-refractivity contribution is -0.137. The first-order valence-corrected chi connectivity index (χ1v) is 6.43. The van der Waals surface area contributed by atoms with Crippen molar-refractivity contribution in [2.75, 3.05) is 18.0 Å². The van der Waals surface area contributed by atoms with E-state index in [1.807, 2.05) is 19.1 Å². The maximum atomic E-state index is 10.9. The molecule has 0 unspecified atom stereocenters. The summed E-state index contributed by atoms with van der Waals surface area (Å²) in [4.78, 5) is 13.0. The molecule has 0 aliphatic carbocycles. The van der Waals surface area contributed by atoms with E-state index in [1.54, 1.807) is 10.8 Å². The standard InChI is InChI=1S/C13H15N5O2/c1-9-7-12(16-18-8-14-15-13(9)18)17-5-3-11(4-6-17)20-10(2)19/h3,7-8H,4-6H2,1-2H3. The van der Waals surface area contributed by atoms with Gasteiger partial charge in [0.1, 0.15) is 17.9 Å². The average Bonchev–Trinajstić information content (AvgIpc) is 2.87. The Morgan fingerprint density at radius 3 is 3.00 bits per heavy atom. The maximum Gasteiger partial charge on any atom is 0.307 e. The fourth-order valence-electron chi connectivity index (χ4n) is 2.25. The topological polar surface area (TPSA) is 72.6 Å². The monoisotopic (exact) mass is 273 g/mol. The minimum absolute atomic E-state index is 0.274. The van der Waals surface area contributed by atoms with E-state index < -0.39 is 0 Å². The van der Waals surface area contributed by atoms with Gasteiger partial charge in [0.15, 0.2) is 5.65 Å². The highest BCUT2D eigenvalue weighted by atomic mass is 16.5. The molecule has 0 fully saturated rings. The van der Waals surface area contributed by atoms with Crippen LogP contribution >= 0.6 is 0 Å². The van der Waals surface area contributed by atoms with Crippen molar-refractivity contribution in [3.63, 3.8) is 0 Å². The second-order valence-corrected chi connectivity index (χ2v) is 4.74. The number of carbonyl (C=O) groups is 1. The van der Waals surface area contributed by atoms with Crippen LogP contribution in [0.1, 0.15) is 18.9 Å². The fourth-order valence-corrected chi connectivity index (χ4v) is 2.25. The van der Waals surface area contributed by atoms with Crippen LogP contribution in [0.4, 0.5) is 5.82 Å². The number of aryl methyl sites for hydroxylation is 1. The minimum Gasteiger partial charge on any atom is -0.431 e. The summed E-state index contributed by atoms with van der Waals surface area (Å²) in [5.41, 5.74) is 1.80. The zero-order chi connectivity index (χ0) is 14.1. The van der Waals surface area contributed by atoms with Gasteiger partial charge in [0.25, 0.3) is 0 Å². The maximum absolute atomic E-state index is 10.9. The molecule has 0 saturated carbocycles. The number of aromatic nitrogens is 4.